The van der Waals surface area contributed by atoms with Crippen LogP contribution >= 0.6 is 0 Å². The third-order valence-corrected chi connectivity index (χ3v) is 2.96. The first kappa shape index (κ1) is 14.7. The molecule has 0 aliphatic heterocycles. The van der Waals surface area contributed by atoms with Gasteiger partial charge in [0.2, 0.25) is 11.8 Å². The van der Waals surface area contributed by atoms with Gasteiger partial charge in [-0.15, -0.1) is 0 Å². The molecule has 0 bridgehead atoms. The van der Waals surface area contributed by atoms with Crippen molar-refractivity contribution < 1.29 is 4.92 Å². The summed E-state index contributed by atoms with van der Waals surface area (Å²) in [6.07, 6.45) is 1.15. The van der Waals surface area contributed by atoms with E-state index in [4.69, 9.17) is 5.84 Å². The number of nitrogens with zero attached hydrogens (tertiary/aromatic N) is 4. The average Bonchev–Trinajstić information content (AvgIpc) is 2.47. The van der Waals surface area contributed by atoms with Crippen LogP contribution in [0.3, 0.4) is 0 Å². The van der Waals surface area contributed by atoms with E-state index in [1.54, 1.807) is 4.90 Å². The Bertz CT molecular complexity index is 661. The highest BCUT2D eigenvalue weighted by Crippen LogP contribution is 2.32. The number of aryl methyl sites for hydroxylation is 1. The molecule has 1 heterocycles. The second kappa shape index (κ2) is 6.14. The molecule has 0 unspecified atom stereocenters. The van der Waals surface area contributed by atoms with Crippen molar-refractivity contribution in [3.8, 4) is 0 Å². The molecule has 2 rings (SSSR count). The van der Waals surface area contributed by atoms with Crippen molar-refractivity contribution in [3.63, 3.8) is 0 Å². The number of hydrogen-bond acceptors (Lipinski definition) is 7. The van der Waals surface area contributed by atoms with E-state index in [0.29, 0.717) is 6.54 Å². The van der Waals surface area contributed by atoms with Gasteiger partial charge in [-0.2, -0.15) is 4.98 Å². The van der Waals surface area contributed by atoms with Crippen molar-refractivity contribution >= 4 is 23.1 Å². The number of benzene rings is 1. The average molecular weight is 288 g/mol. The lowest BCUT2D eigenvalue weighted by molar-refractivity contribution is -0.384. The van der Waals surface area contributed by atoms with Gasteiger partial charge in [-0.3, -0.25) is 15.5 Å². The smallest absolute Gasteiger partial charge is 0.321 e. The number of nitro groups is 1. The van der Waals surface area contributed by atoms with Gasteiger partial charge in [0.05, 0.1) is 4.92 Å². The summed E-state index contributed by atoms with van der Waals surface area (Å²) < 4.78 is 0. The van der Waals surface area contributed by atoms with Crippen molar-refractivity contribution in [2.45, 2.75) is 13.8 Å². The van der Waals surface area contributed by atoms with E-state index in [9.17, 15) is 10.1 Å². The van der Waals surface area contributed by atoms with Crippen LogP contribution < -0.4 is 16.2 Å². The molecule has 0 aliphatic carbocycles. The van der Waals surface area contributed by atoms with Crippen molar-refractivity contribution in [3.05, 3.63) is 46.1 Å². The summed E-state index contributed by atoms with van der Waals surface area (Å²) in [5.41, 5.74) is 4.01. The fraction of sp³-hybridized carbons (Fsp3) is 0.231. The molecule has 0 saturated carbocycles. The van der Waals surface area contributed by atoms with Gasteiger partial charge in [0.1, 0.15) is 6.20 Å². The van der Waals surface area contributed by atoms with Crippen LogP contribution in [0.15, 0.2) is 30.5 Å². The van der Waals surface area contributed by atoms with Gasteiger partial charge in [0, 0.05) is 12.2 Å². The Morgan fingerprint density at radius 3 is 2.81 bits per heavy atom. The SMILES string of the molecule is CCN(c1cccc(C)c1)c1nc(NN)ncc1[N+](=O)[O-]. The zero-order valence-electron chi connectivity index (χ0n) is 11.8. The quantitative estimate of drug-likeness (QED) is 0.492. The van der Waals surface area contributed by atoms with Gasteiger partial charge in [-0.05, 0) is 31.5 Å². The monoisotopic (exact) mass is 288 g/mol. The molecule has 1 aromatic carbocycles. The number of rotatable bonds is 5. The topological polar surface area (TPSA) is 110 Å². The van der Waals surface area contributed by atoms with Gasteiger partial charge in [0.25, 0.3) is 0 Å². The molecule has 8 nitrogen and oxygen atoms in total. The van der Waals surface area contributed by atoms with Crippen LogP contribution in [0.25, 0.3) is 0 Å². The summed E-state index contributed by atoms with van der Waals surface area (Å²) in [5.74, 6) is 5.62. The van der Waals surface area contributed by atoms with E-state index in [2.05, 4.69) is 15.4 Å². The van der Waals surface area contributed by atoms with Gasteiger partial charge in [-0.25, -0.2) is 10.8 Å². The first-order valence-corrected chi connectivity index (χ1v) is 6.39. The number of anilines is 3. The van der Waals surface area contributed by atoms with Crippen LogP contribution in [0.2, 0.25) is 0 Å². The van der Waals surface area contributed by atoms with E-state index >= 15 is 0 Å². The third-order valence-electron chi connectivity index (χ3n) is 2.96. The standard InChI is InChI=1S/C13H16N6O2/c1-3-18(10-6-4-5-9(2)7-10)12-11(19(20)21)8-15-13(16-12)17-14/h4-8H,3,14H2,1-2H3,(H,15,16,17). The first-order valence-electron chi connectivity index (χ1n) is 6.39. The number of nitrogen functional groups attached to an aromatic ring is 1. The van der Waals surface area contributed by atoms with Crippen LogP contribution in [-0.2, 0) is 0 Å². The maximum absolute atomic E-state index is 11.2. The maximum Gasteiger partial charge on any atom is 0.330 e. The molecule has 0 radical (unpaired) electrons. The Morgan fingerprint density at radius 2 is 2.24 bits per heavy atom. The third kappa shape index (κ3) is 3.06. The molecule has 2 aromatic rings. The molecule has 110 valence electrons. The van der Waals surface area contributed by atoms with Crippen molar-refractivity contribution in [1.29, 1.82) is 0 Å². The lowest BCUT2D eigenvalue weighted by Crippen LogP contribution is -2.21. The molecule has 0 fully saturated rings. The van der Waals surface area contributed by atoms with Crippen LogP contribution in [0.5, 0.6) is 0 Å². The second-order valence-corrected chi connectivity index (χ2v) is 4.39. The lowest BCUT2D eigenvalue weighted by atomic mass is 10.2. The molecular weight excluding hydrogens is 272 g/mol. The number of nitrogens with one attached hydrogen (secondary N) is 1. The largest absolute Gasteiger partial charge is 0.330 e. The number of nitrogens with two attached hydrogens (primary N) is 1. The van der Waals surface area contributed by atoms with E-state index in [1.165, 1.54) is 0 Å². The number of aromatic nitrogens is 2. The zero-order valence-corrected chi connectivity index (χ0v) is 11.8. The minimum Gasteiger partial charge on any atom is -0.321 e. The lowest BCUT2D eigenvalue weighted by Gasteiger charge is -2.22. The summed E-state index contributed by atoms with van der Waals surface area (Å²) in [6.45, 7) is 4.37. The van der Waals surface area contributed by atoms with Gasteiger partial charge >= 0.3 is 5.69 Å². The maximum atomic E-state index is 11.2. The Kier molecular flexibility index (Phi) is 4.29. The fourth-order valence-corrected chi connectivity index (χ4v) is 2.01. The summed E-state index contributed by atoms with van der Waals surface area (Å²) in [5, 5.41) is 11.2. The van der Waals surface area contributed by atoms with Gasteiger partial charge in [0.15, 0.2) is 0 Å². The molecule has 0 aliphatic rings. The fourth-order valence-electron chi connectivity index (χ4n) is 2.01. The van der Waals surface area contributed by atoms with E-state index in [1.807, 2.05) is 38.1 Å². The molecule has 0 saturated heterocycles. The minimum absolute atomic E-state index is 0.127. The molecule has 3 N–H and O–H groups in total. The number of hydrazine groups is 1. The van der Waals surface area contributed by atoms with Crippen LogP contribution in [-0.4, -0.2) is 21.4 Å². The molecule has 0 spiro atoms. The van der Waals surface area contributed by atoms with Crippen LogP contribution in [0.4, 0.5) is 23.1 Å². The van der Waals surface area contributed by atoms with Crippen molar-refractivity contribution in [2.24, 2.45) is 5.84 Å². The molecule has 0 amide bonds. The highest BCUT2D eigenvalue weighted by atomic mass is 16.6. The summed E-state index contributed by atoms with van der Waals surface area (Å²) in [6, 6.07) is 7.66. The van der Waals surface area contributed by atoms with E-state index in [0.717, 1.165) is 17.4 Å². The van der Waals surface area contributed by atoms with Crippen LogP contribution in [0.1, 0.15) is 12.5 Å². The van der Waals surface area contributed by atoms with Crippen molar-refractivity contribution in [1.82, 2.24) is 9.97 Å². The van der Waals surface area contributed by atoms with Gasteiger partial charge < -0.3 is 4.90 Å². The molecule has 8 heteroatoms. The first-order chi connectivity index (χ1) is 10.1. The molecule has 21 heavy (non-hydrogen) atoms. The molecule has 1 aromatic heterocycles. The predicted molar refractivity (Wildman–Crippen MR) is 80.4 cm³/mol. The summed E-state index contributed by atoms with van der Waals surface area (Å²) >= 11 is 0. The van der Waals surface area contributed by atoms with Gasteiger partial charge in [-0.1, -0.05) is 12.1 Å². The van der Waals surface area contributed by atoms with Crippen LogP contribution in [0, 0.1) is 17.0 Å². The Balaban J connectivity index is 2.57. The summed E-state index contributed by atoms with van der Waals surface area (Å²) in [7, 11) is 0. The van der Waals surface area contributed by atoms with E-state index < -0.39 is 4.92 Å². The Morgan fingerprint density at radius 1 is 1.48 bits per heavy atom. The van der Waals surface area contributed by atoms with Crippen molar-refractivity contribution in [2.75, 3.05) is 16.9 Å². The molecular formula is C13H16N6O2. The van der Waals surface area contributed by atoms with E-state index in [-0.39, 0.29) is 17.5 Å². The zero-order chi connectivity index (χ0) is 15.4. The Labute approximate surface area is 121 Å². The Hall–Kier alpha value is -2.74. The number of hydrogen-bond donors (Lipinski definition) is 2. The summed E-state index contributed by atoms with van der Waals surface area (Å²) in [4.78, 5) is 20.3. The predicted octanol–water partition coefficient (Wildman–Crippen LogP) is 2.14. The minimum atomic E-state index is -0.506. The highest BCUT2D eigenvalue weighted by molar-refractivity contribution is 5.69. The highest BCUT2D eigenvalue weighted by Gasteiger charge is 2.23. The second-order valence-electron chi connectivity index (χ2n) is 4.39. The normalized spacial score (nSPS) is 10.2. The molecule has 0 atom stereocenters.